The number of nitrogens with zero attached hydrogens (tertiary/aromatic N) is 1. The first-order valence-corrected chi connectivity index (χ1v) is 5.81. The van der Waals surface area contributed by atoms with E-state index in [-0.39, 0.29) is 18.6 Å². The summed E-state index contributed by atoms with van der Waals surface area (Å²) in [6.45, 7) is 2.75. The van der Waals surface area contributed by atoms with Crippen LogP contribution in [-0.2, 0) is 9.53 Å². The van der Waals surface area contributed by atoms with Crippen molar-refractivity contribution in [2.75, 3.05) is 25.2 Å². The Hall–Kier alpha value is -1.55. The molecule has 0 saturated carbocycles. The van der Waals surface area contributed by atoms with E-state index >= 15 is 0 Å². The lowest BCUT2D eigenvalue weighted by atomic mass is 10.1. The molecule has 1 aliphatic heterocycles. The Morgan fingerprint density at radius 3 is 3.00 bits per heavy atom. The Morgan fingerprint density at radius 2 is 2.29 bits per heavy atom. The van der Waals surface area contributed by atoms with Crippen molar-refractivity contribution in [3.8, 4) is 5.75 Å². The minimum Gasteiger partial charge on any atom is -0.486 e. The van der Waals surface area contributed by atoms with E-state index in [0.717, 1.165) is 17.9 Å². The Kier molecular flexibility index (Phi) is 3.64. The number of amides is 1. The molecule has 0 aromatic heterocycles. The summed E-state index contributed by atoms with van der Waals surface area (Å²) in [5.41, 5.74) is 0.833. The quantitative estimate of drug-likeness (QED) is 0.802. The molecule has 0 aliphatic carbocycles. The first-order chi connectivity index (χ1) is 8.26. The van der Waals surface area contributed by atoms with E-state index in [1.165, 1.54) is 7.11 Å². The summed E-state index contributed by atoms with van der Waals surface area (Å²) in [6, 6.07) is 7.61. The monoisotopic (exact) mass is 235 g/mol. The topological polar surface area (TPSA) is 38.8 Å². The average Bonchev–Trinajstić information content (AvgIpc) is 2.37. The summed E-state index contributed by atoms with van der Waals surface area (Å²) in [4.78, 5) is 13.7. The highest BCUT2D eigenvalue weighted by Crippen LogP contribution is 2.33. The summed E-state index contributed by atoms with van der Waals surface area (Å²) in [7, 11) is 1.53. The highest BCUT2D eigenvalue weighted by Gasteiger charge is 2.28. The number of hydrogen-bond donors (Lipinski definition) is 0. The molecule has 0 bridgehead atoms. The number of rotatable bonds is 3. The molecule has 0 spiro atoms. The molecule has 4 heteroatoms. The van der Waals surface area contributed by atoms with Crippen molar-refractivity contribution in [2.45, 2.75) is 19.4 Å². The number of hydrogen-bond acceptors (Lipinski definition) is 3. The van der Waals surface area contributed by atoms with Crippen LogP contribution in [-0.4, -0.2) is 32.3 Å². The van der Waals surface area contributed by atoms with Crippen molar-refractivity contribution >= 4 is 11.6 Å². The van der Waals surface area contributed by atoms with Crippen LogP contribution in [0.15, 0.2) is 24.3 Å². The Morgan fingerprint density at radius 1 is 1.53 bits per heavy atom. The first-order valence-electron chi connectivity index (χ1n) is 5.81. The summed E-state index contributed by atoms with van der Waals surface area (Å²) in [5.74, 6) is 0.747. The van der Waals surface area contributed by atoms with Crippen LogP contribution in [0.3, 0.4) is 0 Å². The van der Waals surface area contributed by atoms with Gasteiger partial charge < -0.3 is 14.4 Å². The van der Waals surface area contributed by atoms with Crippen molar-refractivity contribution < 1.29 is 14.3 Å². The highest BCUT2D eigenvalue weighted by atomic mass is 16.5. The maximum absolute atomic E-state index is 12.0. The van der Waals surface area contributed by atoms with Crippen molar-refractivity contribution in [3.05, 3.63) is 24.3 Å². The molecule has 1 unspecified atom stereocenters. The van der Waals surface area contributed by atoms with Gasteiger partial charge >= 0.3 is 0 Å². The molecule has 92 valence electrons. The second-order valence-electron chi connectivity index (χ2n) is 4.05. The van der Waals surface area contributed by atoms with Crippen LogP contribution in [0.4, 0.5) is 5.69 Å². The highest BCUT2D eigenvalue weighted by molar-refractivity contribution is 5.96. The van der Waals surface area contributed by atoms with Crippen LogP contribution >= 0.6 is 0 Å². The summed E-state index contributed by atoms with van der Waals surface area (Å²) < 4.78 is 10.7. The van der Waals surface area contributed by atoms with Crippen LogP contribution in [0.2, 0.25) is 0 Å². The predicted molar refractivity (Wildman–Crippen MR) is 65.4 cm³/mol. The fraction of sp³-hybridized carbons (Fsp3) is 0.462. The molecule has 1 aromatic rings. The Bertz CT molecular complexity index is 405. The second-order valence-corrected chi connectivity index (χ2v) is 4.05. The van der Waals surface area contributed by atoms with Gasteiger partial charge in [-0.1, -0.05) is 19.1 Å². The predicted octanol–water partition coefficient (Wildman–Crippen LogP) is 1.84. The third kappa shape index (κ3) is 2.42. The number of anilines is 1. The van der Waals surface area contributed by atoms with Crippen LogP contribution in [0.1, 0.15) is 13.3 Å². The fourth-order valence-electron chi connectivity index (χ4n) is 1.95. The van der Waals surface area contributed by atoms with Crippen LogP contribution in [0.5, 0.6) is 5.75 Å². The van der Waals surface area contributed by atoms with E-state index < -0.39 is 0 Å². The molecule has 0 saturated heterocycles. The normalized spacial score (nSPS) is 18.5. The minimum atomic E-state index is -0.0262. The smallest absolute Gasteiger partial charge is 0.253 e. The standard InChI is InChI=1S/C13H17NO3/c1-3-10-8-14(13(15)9-16-2)11-6-4-5-7-12(11)17-10/h4-7,10H,3,8-9H2,1-2H3. The number of carbonyl (C=O) groups excluding carboxylic acids is 1. The second kappa shape index (κ2) is 5.19. The van der Waals surface area contributed by atoms with Gasteiger partial charge in [-0.25, -0.2) is 0 Å². The lowest BCUT2D eigenvalue weighted by Gasteiger charge is -2.34. The Balaban J connectivity index is 2.29. The van der Waals surface area contributed by atoms with Gasteiger partial charge in [0.2, 0.25) is 0 Å². The number of benzene rings is 1. The summed E-state index contributed by atoms with van der Waals surface area (Å²) >= 11 is 0. The minimum absolute atomic E-state index is 0.0262. The molecule has 17 heavy (non-hydrogen) atoms. The summed E-state index contributed by atoms with van der Waals surface area (Å²) in [6.07, 6.45) is 0.941. The molecule has 0 fully saturated rings. The van der Waals surface area contributed by atoms with Gasteiger partial charge in [0.1, 0.15) is 18.5 Å². The molecule has 2 rings (SSSR count). The number of ether oxygens (including phenoxy) is 2. The molecule has 0 N–H and O–H groups in total. The molecule has 0 radical (unpaired) electrons. The summed E-state index contributed by atoms with van der Waals surface area (Å²) in [5, 5.41) is 0. The lowest BCUT2D eigenvalue weighted by molar-refractivity contribution is -0.122. The van der Waals surface area contributed by atoms with Crippen LogP contribution in [0, 0.1) is 0 Å². The lowest BCUT2D eigenvalue weighted by Crippen LogP contribution is -2.44. The van der Waals surface area contributed by atoms with Gasteiger partial charge in [0.25, 0.3) is 5.91 Å². The maximum atomic E-state index is 12.0. The maximum Gasteiger partial charge on any atom is 0.253 e. The zero-order valence-corrected chi connectivity index (χ0v) is 10.2. The molecular weight excluding hydrogens is 218 g/mol. The van der Waals surface area contributed by atoms with Crippen molar-refractivity contribution in [1.82, 2.24) is 0 Å². The molecule has 1 atom stereocenters. The van der Waals surface area contributed by atoms with E-state index in [2.05, 4.69) is 6.92 Å². The molecule has 1 heterocycles. The van der Waals surface area contributed by atoms with Crippen molar-refractivity contribution in [1.29, 1.82) is 0 Å². The van der Waals surface area contributed by atoms with Gasteiger partial charge in [-0.2, -0.15) is 0 Å². The van der Waals surface area contributed by atoms with Gasteiger partial charge in [0.05, 0.1) is 12.2 Å². The first kappa shape index (κ1) is 11.9. The van der Waals surface area contributed by atoms with Gasteiger partial charge in [-0.3, -0.25) is 4.79 Å². The van der Waals surface area contributed by atoms with E-state index in [0.29, 0.717) is 6.54 Å². The van der Waals surface area contributed by atoms with E-state index in [1.807, 2.05) is 24.3 Å². The van der Waals surface area contributed by atoms with Crippen molar-refractivity contribution in [2.24, 2.45) is 0 Å². The largest absolute Gasteiger partial charge is 0.486 e. The van der Waals surface area contributed by atoms with E-state index in [4.69, 9.17) is 9.47 Å². The van der Waals surface area contributed by atoms with Gasteiger partial charge in [0.15, 0.2) is 0 Å². The fourth-order valence-corrected chi connectivity index (χ4v) is 1.95. The van der Waals surface area contributed by atoms with Crippen molar-refractivity contribution in [3.63, 3.8) is 0 Å². The number of fused-ring (bicyclic) bond motifs is 1. The molecule has 1 aliphatic rings. The average molecular weight is 235 g/mol. The molecule has 4 nitrogen and oxygen atoms in total. The third-order valence-corrected chi connectivity index (χ3v) is 2.86. The number of methoxy groups -OCH3 is 1. The number of para-hydroxylation sites is 2. The van der Waals surface area contributed by atoms with Gasteiger partial charge in [-0.05, 0) is 18.6 Å². The molecular formula is C13H17NO3. The third-order valence-electron chi connectivity index (χ3n) is 2.86. The van der Waals surface area contributed by atoms with Crippen LogP contribution < -0.4 is 9.64 Å². The molecule has 1 amide bonds. The zero-order valence-electron chi connectivity index (χ0n) is 10.2. The SMILES string of the molecule is CCC1CN(C(=O)COC)c2ccccc2O1. The van der Waals surface area contributed by atoms with E-state index in [1.54, 1.807) is 4.90 Å². The Labute approximate surface area is 101 Å². The van der Waals surface area contributed by atoms with Gasteiger partial charge in [0, 0.05) is 7.11 Å². The van der Waals surface area contributed by atoms with Crippen LogP contribution in [0.25, 0.3) is 0 Å². The van der Waals surface area contributed by atoms with Gasteiger partial charge in [-0.15, -0.1) is 0 Å². The number of carbonyl (C=O) groups is 1. The zero-order chi connectivity index (χ0) is 12.3. The van der Waals surface area contributed by atoms with E-state index in [9.17, 15) is 4.79 Å². The molecule has 1 aromatic carbocycles.